The standard InChI is InChI=1S/C15H22F3NO/c1-10(2)19(9-15(16,17)18)8-14(20)13-6-11(3)5-12(4)7-13/h5-7,10,14,20H,8-9H2,1-4H3. The Kier molecular flexibility index (Phi) is 5.59. The maximum atomic E-state index is 12.5. The summed E-state index contributed by atoms with van der Waals surface area (Å²) in [4.78, 5) is 1.24. The van der Waals surface area contributed by atoms with E-state index in [1.54, 1.807) is 13.8 Å². The summed E-state index contributed by atoms with van der Waals surface area (Å²) < 4.78 is 37.6. The van der Waals surface area contributed by atoms with Crippen LogP contribution in [0.25, 0.3) is 0 Å². The summed E-state index contributed by atoms with van der Waals surface area (Å²) in [7, 11) is 0. The number of rotatable bonds is 5. The van der Waals surface area contributed by atoms with Gasteiger partial charge in [-0.05, 0) is 33.3 Å². The maximum absolute atomic E-state index is 12.5. The minimum Gasteiger partial charge on any atom is -0.387 e. The van der Waals surface area contributed by atoms with Gasteiger partial charge in [-0.2, -0.15) is 13.2 Å². The van der Waals surface area contributed by atoms with Gasteiger partial charge in [0.1, 0.15) is 0 Å². The summed E-state index contributed by atoms with van der Waals surface area (Å²) in [6.07, 6.45) is -5.18. The molecule has 0 bridgehead atoms. The number of benzene rings is 1. The summed E-state index contributed by atoms with van der Waals surface area (Å²) in [6, 6.07) is 5.30. The number of hydrogen-bond donors (Lipinski definition) is 1. The van der Waals surface area contributed by atoms with Gasteiger partial charge in [0, 0.05) is 12.6 Å². The molecule has 0 radical (unpaired) electrons. The number of aliphatic hydroxyl groups excluding tert-OH is 1. The van der Waals surface area contributed by atoms with E-state index in [2.05, 4.69) is 0 Å². The van der Waals surface area contributed by atoms with Gasteiger partial charge >= 0.3 is 6.18 Å². The molecule has 1 atom stereocenters. The van der Waals surface area contributed by atoms with Gasteiger partial charge in [-0.3, -0.25) is 4.90 Å². The lowest BCUT2D eigenvalue weighted by Crippen LogP contribution is -2.41. The van der Waals surface area contributed by atoms with Crippen LogP contribution in [0.3, 0.4) is 0 Å². The molecule has 1 unspecified atom stereocenters. The fraction of sp³-hybridized carbons (Fsp3) is 0.600. The van der Waals surface area contributed by atoms with Crippen LogP contribution in [0.15, 0.2) is 18.2 Å². The van der Waals surface area contributed by atoms with E-state index in [0.717, 1.165) is 11.1 Å². The van der Waals surface area contributed by atoms with Crippen molar-refractivity contribution in [2.45, 2.75) is 46.0 Å². The van der Waals surface area contributed by atoms with Crippen LogP contribution in [0.5, 0.6) is 0 Å². The molecule has 0 fully saturated rings. The van der Waals surface area contributed by atoms with E-state index in [1.807, 2.05) is 32.0 Å². The zero-order valence-electron chi connectivity index (χ0n) is 12.3. The Morgan fingerprint density at radius 1 is 1.10 bits per heavy atom. The van der Waals surface area contributed by atoms with E-state index < -0.39 is 18.8 Å². The number of nitrogens with zero attached hydrogens (tertiary/aromatic N) is 1. The molecule has 0 aromatic heterocycles. The van der Waals surface area contributed by atoms with Crippen LogP contribution in [-0.4, -0.2) is 35.3 Å². The van der Waals surface area contributed by atoms with Crippen molar-refractivity contribution in [2.24, 2.45) is 0 Å². The van der Waals surface area contributed by atoms with Gasteiger partial charge in [-0.15, -0.1) is 0 Å². The first-order chi connectivity index (χ1) is 9.08. The van der Waals surface area contributed by atoms with E-state index in [4.69, 9.17) is 0 Å². The van der Waals surface area contributed by atoms with Crippen molar-refractivity contribution < 1.29 is 18.3 Å². The number of hydrogen-bond acceptors (Lipinski definition) is 2. The molecule has 0 saturated carbocycles. The van der Waals surface area contributed by atoms with Crippen molar-refractivity contribution in [2.75, 3.05) is 13.1 Å². The molecule has 0 amide bonds. The molecule has 1 aromatic rings. The molecular weight excluding hydrogens is 267 g/mol. The van der Waals surface area contributed by atoms with Crippen LogP contribution in [0.4, 0.5) is 13.2 Å². The first-order valence-electron chi connectivity index (χ1n) is 6.65. The highest BCUT2D eigenvalue weighted by Gasteiger charge is 2.32. The van der Waals surface area contributed by atoms with Crippen molar-refractivity contribution in [1.82, 2.24) is 4.90 Å². The highest BCUT2D eigenvalue weighted by atomic mass is 19.4. The number of halogens is 3. The molecule has 0 aliphatic rings. The fourth-order valence-corrected chi connectivity index (χ4v) is 2.22. The summed E-state index contributed by atoms with van der Waals surface area (Å²) >= 11 is 0. The van der Waals surface area contributed by atoms with Gasteiger partial charge in [0.25, 0.3) is 0 Å². The Balaban J connectivity index is 2.82. The smallest absolute Gasteiger partial charge is 0.387 e. The van der Waals surface area contributed by atoms with Crippen molar-refractivity contribution in [3.05, 3.63) is 34.9 Å². The summed E-state index contributed by atoms with van der Waals surface area (Å²) in [5.41, 5.74) is 2.65. The topological polar surface area (TPSA) is 23.5 Å². The third-order valence-electron chi connectivity index (χ3n) is 3.15. The second kappa shape index (κ2) is 6.59. The number of alkyl halides is 3. The lowest BCUT2D eigenvalue weighted by molar-refractivity contribution is -0.152. The molecule has 0 heterocycles. The molecule has 20 heavy (non-hydrogen) atoms. The predicted octanol–water partition coefficient (Wildman–Crippen LogP) is 3.61. The minimum absolute atomic E-state index is 0.0277. The zero-order chi connectivity index (χ0) is 15.5. The van der Waals surface area contributed by atoms with Crippen LogP contribution < -0.4 is 0 Å². The minimum atomic E-state index is -4.26. The van der Waals surface area contributed by atoms with E-state index >= 15 is 0 Å². The second-order valence-corrected chi connectivity index (χ2v) is 5.58. The van der Waals surface area contributed by atoms with Crippen LogP contribution in [0.1, 0.15) is 36.6 Å². The molecule has 2 nitrogen and oxygen atoms in total. The van der Waals surface area contributed by atoms with Gasteiger partial charge in [0.05, 0.1) is 12.6 Å². The third-order valence-corrected chi connectivity index (χ3v) is 3.15. The molecule has 1 N–H and O–H groups in total. The van der Waals surface area contributed by atoms with E-state index in [9.17, 15) is 18.3 Å². The van der Waals surface area contributed by atoms with E-state index in [0.29, 0.717) is 5.56 Å². The quantitative estimate of drug-likeness (QED) is 0.895. The van der Waals surface area contributed by atoms with Gasteiger partial charge in [-0.25, -0.2) is 0 Å². The van der Waals surface area contributed by atoms with Crippen LogP contribution >= 0.6 is 0 Å². The zero-order valence-corrected chi connectivity index (χ0v) is 12.3. The molecule has 1 aromatic carbocycles. The van der Waals surface area contributed by atoms with Crippen molar-refractivity contribution in [3.63, 3.8) is 0 Å². The normalized spacial score (nSPS) is 14.1. The maximum Gasteiger partial charge on any atom is 0.401 e. The third kappa shape index (κ3) is 5.51. The van der Waals surface area contributed by atoms with Crippen molar-refractivity contribution >= 4 is 0 Å². The van der Waals surface area contributed by atoms with Gasteiger partial charge in [0.15, 0.2) is 0 Å². The van der Waals surface area contributed by atoms with Crippen LogP contribution in [-0.2, 0) is 0 Å². The van der Waals surface area contributed by atoms with Crippen LogP contribution in [0, 0.1) is 13.8 Å². The van der Waals surface area contributed by atoms with Gasteiger partial charge in [-0.1, -0.05) is 29.3 Å². The molecule has 1 rings (SSSR count). The van der Waals surface area contributed by atoms with Crippen molar-refractivity contribution in [1.29, 1.82) is 0 Å². The monoisotopic (exact) mass is 289 g/mol. The van der Waals surface area contributed by atoms with E-state index in [1.165, 1.54) is 4.90 Å². The summed E-state index contributed by atoms with van der Waals surface area (Å²) in [6.45, 7) is 6.16. The SMILES string of the molecule is Cc1cc(C)cc(C(O)CN(CC(F)(F)F)C(C)C)c1. The van der Waals surface area contributed by atoms with E-state index in [-0.39, 0.29) is 12.6 Å². The lowest BCUT2D eigenvalue weighted by atomic mass is 10.0. The second-order valence-electron chi connectivity index (χ2n) is 5.58. The fourth-order valence-electron chi connectivity index (χ4n) is 2.22. The Labute approximate surface area is 118 Å². The molecular formula is C15H22F3NO. The molecule has 0 aliphatic heterocycles. The Morgan fingerprint density at radius 3 is 2.00 bits per heavy atom. The summed E-state index contributed by atoms with van der Waals surface area (Å²) in [5, 5.41) is 10.2. The number of aryl methyl sites for hydroxylation is 2. The average molecular weight is 289 g/mol. The molecule has 0 saturated heterocycles. The first-order valence-corrected chi connectivity index (χ1v) is 6.65. The Hall–Kier alpha value is -1.07. The molecule has 0 spiro atoms. The number of aliphatic hydroxyl groups is 1. The van der Waals surface area contributed by atoms with Crippen molar-refractivity contribution in [3.8, 4) is 0 Å². The predicted molar refractivity (Wildman–Crippen MR) is 73.6 cm³/mol. The largest absolute Gasteiger partial charge is 0.401 e. The average Bonchev–Trinajstić information content (AvgIpc) is 2.24. The lowest BCUT2D eigenvalue weighted by Gasteiger charge is -2.29. The first kappa shape index (κ1) is 17.0. The Bertz CT molecular complexity index is 423. The molecule has 5 heteroatoms. The molecule has 114 valence electrons. The van der Waals surface area contributed by atoms with Crippen LogP contribution in [0.2, 0.25) is 0 Å². The summed E-state index contributed by atoms with van der Waals surface area (Å²) in [5.74, 6) is 0. The molecule has 0 aliphatic carbocycles. The van der Waals surface area contributed by atoms with Gasteiger partial charge in [0.2, 0.25) is 0 Å². The van der Waals surface area contributed by atoms with Gasteiger partial charge < -0.3 is 5.11 Å². The Morgan fingerprint density at radius 2 is 1.60 bits per heavy atom. The highest BCUT2D eigenvalue weighted by Crippen LogP contribution is 2.22. The highest BCUT2D eigenvalue weighted by molar-refractivity contribution is 5.30.